The van der Waals surface area contributed by atoms with E-state index in [9.17, 15) is 0 Å². The van der Waals surface area contributed by atoms with Crippen LogP contribution in [0.3, 0.4) is 0 Å². The van der Waals surface area contributed by atoms with Crippen LogP contribution in [0.5, 0.6) is 0 Å². The predicted octanol–water partition coefficient (Wildman–Crippen LogP) is 8.22. The molecule has 0 unspecified atom stereocenters. The van der Waals surface area contributed by atoms with Gasteiger partial charge in [-0.1, -0.05) is 42.0 Å². The van der Waals surface area contributed by atoms with Crippen LogP contribution in [0.1, 0.15) is 22.3 Å². The molecule has 220 valence electrons. The number of aryl methyl sites for hydroxylation is 4. The molecule has 6 nitrogen and oxygen atoms in total. The summed E-state index contributed by atoms with van der Waals surface area (Å²) in [5.74, 6) is 2.58. The first-order chi connectivity index (χ1) is 20.9. The molecule has 0 bridgehead atoms. The van der Waals surface area contributed by atoms with Gasteiger partial charge in [0.05, 0.1) is 17.7 Å². The average Bonchev–Trinajstić information content (AvgIpc) is 3.63. The second-order valence-corrected chi connectivity index (χ2v) is 10.7. The number of anilines is 3. The quantitative estimate of drug-likeness (QED) is 0.170. The van der Waals surface area contributed by atoms with Crippen LogP contribution in [0, 0.1) is 46.5 Å². The molecule has 0 radical (unpaired) electrons. The summed E-state index contributed by atoms with van der Waals surface area (Å²) in [7, 11) is 2.00. The molecular weight excluding hydrogens is 721 g/mol. The fourth-order valence-corrected chi connectivity index (χ4v) is 5.53. The van der Waals surface area contributed by atoms with Crippen molar-refractivity contribution in [2.45, 2.75) is 27.7 Å². The third kappa shape index (κ3) is 6.21. The monoisotopic (exact) mass is 754 g/mol. The number of para-hydroxylation sites is 1. The van der Waals surface area contributed by atoms with Crippen molar-refractivity contribution in [1.82, 2.24) is 19.5 Å². The number of nitrogens with zero attached hydrogens (tertiary/aromatic N) is 6. The van der Waals surface area contributed by atoms with Gasteiger partial charge in [0.1, 0.15) is 5.82 Å². The fourth-order valence-electron chi connectivity index (χ4n) is 5.53. The maximum atomic E-state index is 4.77. The molecule has 2 aromatic heterocycles. The third-order valence-electron chi connectivity index (χ3n) is 7.44. The Labute approximate surface area is 273 Å². The zero-order valence-corrected chi connectivity index (χ0v) is 27.8. The first kappa shape index (κ1) is 30.9. The Morgan fingerprint density at radius 1 is 0.773 bits per heavy atom. The molecular formula is C37H33IrN6. The van der Waals surface area contributed by atoms with E-state index in [1.54, 1.807) is 0 Å². The molecule has 44 heavy (non-hydrogen) atoms. The van der Waals surface area contributed by atoms with Crippen molar-refractivity contribution in [3.63, 3.8) is 0 Å². The van der Waals surface area contributed by atoms with Crippen molar-refractivity contribution < 1.29 is 20.1 Å². The molecule has 0 saturated heterocycles. The Bertz CT molecular complexity index is 1840. The van der Waals surface area contributed by atoms with E-state index in [-0.39, 0.29) is 20.1 Å². The van der Waals surface area contributed by atoms with Crippen LogP contribution in [-0.2, 0) is 20.1 Å². The van der Waals surface area contributed by atoms with Crippen LogP contribution in [-0.4, -0.2) is 26.6 Å². The van der Waals surface area contributed by atoms with E-state index < -0.39 is 0 Å². The molecule has 7 rings (SSSR count). The molecule has 1 aliphatic rings. The molecule has 4 aromatic carbocycles. The minimum atomic E-state index is 0. The normalized spacial score (nSPS) is 11.8. The second kappa shape index (κ2) is 13.4. The van der Waals surface area contributed by atoms with Crippen LogP contribution in [0.2, 0.25) is 0 Å². The Morgan fingerprint density at radius 2 is 1.48 bits per heavy atom. The van der Waals surface area contributed by atoms with E-state index in [2.05, 4.69) is 83.5 Å². The minimum absolute atomic E-state index is 0. The van der Waals surface area contributed by atoms with Gasteiger partial charge in [-0.3, -0.25) is 4.98 Å². The summed E-state index contributed by atoms with van der Waals surface area (Å²) < 4.78 is 2.15. The van der Waals surface area contributed by atoms with Gasteiger partial charge in [-0.05, 0) is 51.4 Å². The molecule has 0 fully saturated rings. The molecule has 1 aliphatic heterocycles. The molecule has 6 aromatic rings. The maximum Gasteiger partial charge on any atom is 3.00 e. The van der Waals surface area contributed by atoms with Gasteiger partial charge in [0.2, 0.25) is 0 Å². The summed E-state index contributed by atoms with van der Waals surface area (Å²) in [6, 6.07) is 34.9. The van der Waals surface area contributed by atoms with Gasteiger partial charge >= 0.3 is 20.1 Å². The van der Waals surface area contributed by atoms with Gasteiger partial charge in [-0.2, -0.15) is 37.0 Å². The van der Waals surface area contributed by atoms with Crippen molar-refractivity contribution in [3.8, 4) is 28.5 Å². The summed E-state index contributed by atoms with van der Waals surface area (Å²) in [4.78, 5) is 17.9. The van der Waals surface area contributed by atoms with E-state index in [1.165, 1.54) is 27.9 Å². The first-order valence-corrected chi connectivity index (χ1v) is 14.3. The van der Waals surface area contributed by atoms with Crippen LogP contribution >= 0.6 is 0 Å². The van der Waals surface area contributed by atoms with Crippen molar-refractivity contribution >= 4 is 17.2 Å². The van der Waals surface area contributed by atoms with Crippen LogP contribution in [0.15, 0.2) is 104 Å². The van der Waals surface area contributed by atoms with Gasteiger partial charge < -0.3 is 14.4 Å². The van der Waals surface area contributed by atoms with Gasteiger partial charge in [0.25, 0.3) is 0 Å². The number of benzene rings is 4. The van der Waals surface area contributed by atoms with Gasteiger partial charge in [-0.25, -0.2) is 9.97 Å². The molecule has 0 spiro atoms. The standard InChI is InChI=1S/C19H16N4.C18H17N2.Ir/c1-14-8-6-7-11-16(14)18-20-12-17-19(21-18)22(2)13-23(17)15-9-4-3-5-10-15;1-13-11-14(2)17(15(3)12-13)20-10-9-19-18(20)16-7-5-4-6-8-16;/h3-9,11-13H,1-2H3;4-7,9-12H,1-3H3;/q-2;-1;+3. The Kier molecular flexibility index (Phi) is 9.38. The zero-order chi connectivity index (χ0) is 29.9. The third-order valence-corrected chi connectivity index (χ3v) is 7.44. The van der Waals surface area contributed by atoms with Crippen molar-refractivity contribution in [3.05, 3.63) is 145 Å². The Morgan fingerprint density at radius 3 is 2.16 bits per heavy atom. The van der Waals surface area contributed by atoms with E-state index >= 15 is 0 Å². The molecule has 0 aliphatic carbocycles. The van der Waals surface area contributed by atoms with Crippen LogP contribution < -0.4 is 9.80 Å². The first-order valence-electron chi connectivity index (χ1n) is 14.3. The van der Waals surface area contributed by atoms with E-state index in [0.29, 0.717) is 0 Å². The number of hydrogen-bond acceptors (Lipinski definition) is 5. The molecule has 3 heterocycles. The SMILES string of the molecule is Cc1cc(C)c(-n2ccnc2-c2[c-]cccc2)c(C)c1.Cc1ccccc1-c1ncc2c(n1)N(C)[CH-]N2c1[c-]cccc1.[Ir+3]. The van der Waals surface area contributed by atoms with Crippen molar-refractivity contribution in [1.29, 1.82) is 0 Å². The summed E-state index contributed by atoms with van der Waals surface area (Å²) in [5.41, 5.74) is 10.2. The Hall–Kier alpha value is -4.58. The molecule has 0 amide bonds. The van der Waals surface area contributed by atoms with E-state index in [1.807, 2.05) is 97.9 Å². The Balaban J connectivity index is 0.000000172. The number of fused-ring (bicyclic) bond motifs is 1. The number of hydrogen-bond donors (Lipinski definition) is 0. The van der Waals surface area contributed by atoms with Crippen molar-refractivity contribution in [2.24, 2.45) is 0 Å². The smallest absolute Gasteiger partial charge is 0.491 e. The molecule has 7 heteroatoms. The largest absolute Gasteiger partial charge is 3.00 e. The fraction of sp³-hybridized carbons (Fsp3) is 0.135. The van der Waals surface area contributed by atoms with Crippen LogP contribution in [0.25, 0.3) is 28.5 Å². The van der Waals surface area contributed by atoms with E-state index in [0.717, 1.165) is 40.0 Å². The van der Waals surface area contributed by atoms with Crippen molar-refractivity contribution in [2.75, 3.05) is 16.8 Å². The summed E-state index contributed by atoms with van der Waals surface area (Å²) in [5, 5.41) is 0. The molecule has 0 atom stereocenters. The summed E-state index contributed by atoms with van der Waals surface area (Å²) in [6.07, 6.45) is 5.74. The number of rotatable bonds is 4. The average molecular weight is 754 g/mol. The summed E-state index contributed by atoms with van der Waals surface area (Å²) >= 11 is 0. The number of aromatic nitrogens is 4. The predicted molar refractivity (Wildman–Crippen MR) is 174 cm³/mol. The topological polar surface area (TPSA) is 50.1 Å². The second-order valence-electron chi connectivity index (χ2n) is 10.7. The molecule has 0 N–H and O–H groups in total. The van der Waals surface area contributed by atoms with E-state index in [4.69, 9.17) is 4.98 Å². The number of imidazole rings is 1. The van der Waals surface area contributed by atoms with Gasteiger partial charge in [-0.15, -0.1) is 41.6 Å². The molecule has 0 saturated carbocycles. The maximum absolute atomic E-state index is 4.77. The van der Waals surface area contributed by atoms with Gasteiger partial charge in [0.15, 0.2) is 5.82 Å². The zero-order valence-electron chi connectivity index (χ0n) is 25.4. The van der Waals surface area contributed by atoms with Gasteiger partial charge in [0, 0.05) is 23.6 Å². The summed E-state index contributed by atoms with van der Waals surface area (Å²) in [6.45, 7) is 10.5. The van der Waals surface area contributed by atoms with Crippen LogP contribution in [0.4, 0.5) is 17.2 Å². The minimum Gasteiger partial charge on any atom is -0.491 e.